The van der Waals surface area contributed by atoms with Gasteiger partial charge in [0.25, 0.3) is 5.91 Å². The molecule has 0 bridgehead atoms. The molecular formula is C24H27ClN3O2. The smallest absolute Gasteiger partial charge is 0.255 e. The summed E-state index contributed by atoms with van der Waals surface area (Å²) in [7, 11) is 4.23. The molecule has 2 amide bonds. The molecule has 1 aliphatic carbocycles. The molecule has 2 aliphatic rings. The van der Waals surface area contributed by atoms with Crippen molar-refractivity contribution in [3.63, 3.8) is 0 Å². The lowest BCUT2D eigenvalue weighted by Gasteiger charge is -2.23. The highest BCUT2D eigenvalue weighted by atomic mass is 35.5. The number of fused-ring (bicyclic) bond motifs is 1. The van der Waals surface area contributed by atoms with E-state index < -0.39 is 11.9 Å². The number of carbonyl (C=O) groups excluding carboxylic acids is 2. The summed E-state index contributed by atoms with van der Waals surface area (Å²) in [5.41, 5.74) is 9.41. The molecular weight excluding hydrogens is 398 g/mol. The molecule has 5 nitrogen and oxygen atoms in total. The Kier molecular flexibility index (Phi) is 5.60. The van der Waals surface area contributed by atoms with Crippen LogP contribution < -0.4 is 5.73 Å². The summed E-state index contributed by atoms with van der Waals surface area (Å²) < 4.78 is 0. The second kappa shape index (κ2) is 8.05. The van der Waals surface area contributed by atoms with Crippen molar-refractivity contribution in [3.05, 3.63) is 69.7 Å². The maximum absolute atomic E-state index is 12.8. The van der Waals surface area contributed by atoms with Crippen molar-refractivity contribution in [1.29, 1.82) is 0 Å². The number of nitrogens with zero attached hydrogens (tertiary/aromatic N) is 2. The second-order valence-electron chi connectivity index (χ2n) is 8.73. The van der Waals surface area contributed by atoms with Gasteiger partial charge in [-0.15, -0.1) is 0 Å². The fourth-order valence-electron chi connectivity index (χ4n) is 4.39. The first kappa shape index (κ1) is 20.9. The predicted molar refractivity (Wildman–Crippen MR) is 117 cm³/mol. The Labute approximate surface area is 182 Å². The molecule has 1 radical (unpaired) electrons. The fourth-order valence-corrected chi connectivity index (χ4v) is 4.55. The van der Waals surface area contributed by atoms with Gasteiger partial charge in [0.1, 0.15) is 6.04 Å². The highest BCUT2D eigenvalue weighted by molar-refractivity contribution is 6.31. The highest BCUT2D eigenvalue weighted by Gasteiger charge is 2.43. The van der Waals surface area contributed by atoms with Crippen molar-refractivity contribution >= 4 is 23.4 Å². The molecule has 1 aliphatic heterocycles. The second-order valence-corrected chi connectivity index (χ2v) is 9.17. The minimum atomic E-state index is -0.787. The number of halogens is 1. The summed E-state index contributed by atoms with van der Waals surface area (Å²) >= 11 is 6.01. The SMILES string of the molecule is CN(C)CCC1(c2ccc(CCN3C(=O)c4cc(Cl)c[c]c4C3C(N)=O)cc2)CC1. The van der Waals surface area contributed by atoms with Crippen molar-refractivity contribution in [2.45, 2.75) is 37.1 Å². The minimum absolute atomic E-state index is 0.218. The van der Waals surface area contributed by atoms with Gasteiger partial charge in [-0.2, -0.15) is 0 Å². The zero-order valence-electron chi connectivity index (χ0n) is 17.5. The third kappa shape index (κ3) is 3.96. The number of nitrogens with two attached hydrogens (primary N) is 1. The van der Waals surface area contributed by atoms with Crippen LogP contribution in [0.1, 0.15) is 52.4 Å². The van der Waals surface area contributed by atoms with Gasteiger partial charge in [-0.05, 0) is 81.1 Å². The summed E-state index contributed by atoms with van der Waals surface area (Å²) in [5, 5.41) is 0.422. The summed E-state index contributed by atoms with van der Waals surface area (Å²) in [6.07, 6.45) is 4.33. The zero-order chi connectivity index (χ0) is 21.5. The molecule has 30 heavy (non-hydrogen) atoms. The largest absolute Gasteiger partial charge is 0.368 e. The normalized spacial score (nSPS) is 19.3. The Balaban J connectivity index is 1.44. The van der Waals surface area contributed by atoms with Crippen molar-refractivity contribution in [3.8, 4) is 0 Å². The van der Waals surface area contributed by atoms with Crippen molar-refractivity contribution < 1.29 is 9.59 Å². The lowest BCUT2D eigenvalue weighted by Crippen LogP contribution is -2.37. The Morgan fingerprint density at radius 1 is 1.30 bits per heavy atom. The summed E-state index contributed by atoms with van der Waals surface area (Å²) in [5.74, 6) is -0.766. The standard InChI is InChI=1S/C24H27ClN3O2/c1-27(2)14-12-24(10-11-24)17-5-3-16(4-6-17)9-13-28-21(22(26)29)19-8-7-18(25)15-20(19)23(28)30/h3-7,15,21H,9-14H2,1-2H3,(H2,26,29). The van der Waals surface area contributed by atoms with E-state index in [1.807, 2.05) is 0 Å². The lowest BCUT2D eigenvalue weighted by atomic mass is 9.91. The topological polar surface area (TPSA) is 66.6 Å². The van der Waals surface area contributed by atoms with Crippen LogP contribution in [0, 0.1) is 6.07 Å². The van der Waals surface area contributed by atoms with E-state index in [9.17, 15) is 9.59 Å². The third-order valence-electron chi connectivity index (χ3n) is 6.38. The van der Waals surface area contributed by atoms with Gasteiger partial charge in [0, 0.05) is 22.7 Å². The van der Waals surface area contributed by atoms with Gasteiger partial charge in [0.2, 0.25) is 5.91 Å². The molecule has 2 aromatic rings. The Bertz CT molecular complexity index is 967. The predicted octanol–water partition coefficient (Wildman–Crippen LogP) is 3.35. The maximum Gasteiger partial charge on any atom is 0.255 e. The van der Waals surface area contributed by atoms with Crippen LogP contribution in [0.4, 0.5) is 0 Å². The molecule has 4 rings (SSSR count). The number of rotatable bonds is 8. The van der Waals surface area contributed by atoms with Crippen LogP contribution in [0.2, 0.25) is 5.02 Å². The van der Waals surface area contributed by atoms with Gasteiger partial charge in [-0.25, -0.2) is 0 Å². The summed E-state index contributed by atoms with van der Waals surface area (Å²) in [6, 6.07) is 14.0. The first-order chi connectivity index (χ1) is 14.3. The molecule has 157 valence electrons. The number of primary amides is 1. The number of hydrogen-bond donors (Lipinski definition) is 1. The Morgan fingerprint density at radius 3 is 2.60 bits per heavy atom. The quantitative estimate of drug-likeness (QED) is 0.706. The lowest BCUT2D eigenvalue weighted by molar-refractivity contribution is -0.122. The highest BCUT2D eigenvalue weighted by Crippen LogP contribution is 2.51. The maximum atomic E-state index is 12.8. The summed E-state index contributed by atoms with van der Waals surface area (Å²) in [6.45, 7) is 1.51. The zero-order valence-corrected chi connectivity index (χ0v) is 18.2. The van der Waals surface area contributed by atoms with E-state index in [0.717, 1.165) is 12.1 Å². The van der Waals surface area contributed by atoms with Crippen LogP contribution >= 0.6 is 11.6 Å². The van der Waals surface area contributed by atoms with Crippen LogP contribution in [0.3, 0.4) is 0 Å². The van der Waals surface area contributed by atoms with Gasteiger partial charge < -0.3 is 15.5 Å². The van der Waals surface area contributed by atoms with Crippen molar-refractivity contribution in [2.24, 2.45) is 5.73 Å². The Hall–Kier alpha value is -2.37. The van der Waals surface area contributed by atoms with Crippen molar-refractivity contribution in [1.82, 2.24) is 9.80 Å². The summed E-state index contributed by atoms with van der Waals surface area (Å²) in [4.78, 5) is 28.7. The number of carbonyl (C=O) groups is 2. The molecule has 1 heterocycles. The molecule has 1 saturated carbocycles. The first-order valence-electron chi connectivity index (χ1n) is 10.4. The van der Waals surface area contributed by atoms with E-state index in [1.54, 1.807) is 12.1 Å². The number of hydrogen-bond acceptors (Lipinski definition) is 3. The molecule has 2 N–H and O–H groups in total. The van der Waals surface area contributed by atoms with E-state index in [4.69, 9.17) is 17.3 Å². The monoisotopic (exact) mass is 424 g/mol. The van der Waals surface area contributed by atoms with Gasteiger partial charge >= 0.3 is 0 Å². The van der Waals surface area contributed by atoms with Gasteiger partial charge in [-0.1, -0.05) is 35.9 Å². The molecule has 2 aromatic carbocycles. The van der Waals surface area contributed by atoms with Crippen LogP contribution in [0.5, 0.6) is 0 Å². The third-order valence-corrected chi connectivity index (χ3v) is 6.60. The van der Waals surface area contributed by atoms with Crippen LogP contribution in [-0.4, -0.2) is 48.8 Å². The van der Waals surface area contributed by atoms with Gasteiger partial charge in [-0.3, -0.25) is 9.59 Å². The Morgan fingerprint density at radius 2 is 2.00 bits per heavy atom. The average molecular weight is 425 g/mol. The van der Waals surface area contributed by atoms with E-state index >= 15 is 0 Å². The van der Waals surface area contributed by atoms with E-state index in [0.29, 0.717) is 34.5 Å². The fraction of sp³-hybridized carbons (Fsp3) is 0.417. The molecule has 0 aromatic heterocycles. The van der Waals surface area contributed by atoms with Gasteiger partial charge in [0.15, 0.2) is 0 Å². The van der Waals surface area contributed by atoms with Gasteiger partial charge in [0.05, 0.1) is 0 Å². The van der Waals surface area contributed by atoms with E-state index in [-0.39, 0.29) is 5.91 Å². The molecule has 1 unspecified atom stereocenters. The molecule has 0 saturated heterocycles. The number of amides is 2. The van der Waals surface area contributed by atoms with E-state index in [2.05, 4.69) is 49.3 Å². The molecule has 0 spiro atoms. The molecule has 1 atom stereocenters. The van der Waals surface area contributed by atoms with Crippen LogP contribution in [0.25, 0.3) is 0 Å². The number of benzene rings is 2. The molecule has 1 fully saturated rings. The van der Waals surface area contributed by atoms with E-state index in [1.165, 1.54) is 29.7 Å². The van der Waals surface area contributed by atoms with Crippen molar-refractivity contribution in [2.75, 3.05) is 27.2 Å². The average Bonchev–Trinajstić information content (AvgIpc) is 3.45. The van der Waals surface area contributed by atoms with Crippen LogP contribution in [-0.2, 0) is 16.6 Å². The first-order valence-corrected chi connectivity index (χ1v) is 10.7. The minimum Gasteiger partial charge on any atom is -0.368 e. The van der Waals surface area contributed by atoms with Crippen LogP contribution in [0.15, 0.2) is 36.4 Å². The molecule has 6 heteroatoms.